The van der Waals surface area contributed by atoms with E-state index in [1.54, 1.807) is 0 Å². The van der Waals surface area contributed by atoms with E-state index in [9.17, 15) is 5.11 Å². The Hall–Kier alpha value is -0.120. The molecule has 0 rings (SSSR count). The molecule has 0 bridgehead atoms. The fraction of sp³-hybridized carbons (Fsp3) is 1.00. The molecule has 104 valence electrons. The van der Waals surface area contributed by atoms with Crippen LogP contribution in [-0.4, -0.2) is 30.5 Å². The number of rotatable bonds is 11. The zero-order valence-corrected chi connectivity index (χ0v) is 11.8. The maximum Gasteiger partial charge on any atom is 0.0956 e. The molecule has 3 nitrogen and oxygen atoms in total. The van der Waals surface area contributed by atoms with Gasteiger partial charge in [-0.3, -0.25) is 0 Å². The van der Waals surface area contributed by atoms with E-state index >= 15 is 0 Å². The van der Waals surface area contributed by atoms with E-state index < -0.39 is 0 Å². The minimum absolute atomic E-state index is 0.0306. The van der Waals surface area contributed by atoms with Crippen molar-refractivity contribution in [2.75, 3.05) is 13.2 Å². The van der Waals surface area contributed by atoms with Crippen LogP contribution in [0, 0.1) is 5.92 Å². The lowest BCUT2D eigenvalue weighted by molar-refractivity contribution is -0.00748. The molecule has 3 N–H and O–H groups in total. The van der Waals surface area contributed by atoms with Gasteiger partial charge in [0.1, 0.15) is 0 Å². The predicted molar refractivity (Wildman–Crippen MR) is 73.0 cm³/mol. The van der Waals surface area contributed by atoms with Crippen molar-refractivity contribution in [3.63, 3.8) is 0 Å². The van der Waals surface area contributed by atoms with Gasteiger partial charge in [0.25, 0.3) is 0 Å². The lowest BCUT2D eigenvalue weighted by Gasteiger charge is -2.23. The first-order valence-electron chi connectivity index (χ1n) is 7.09. The van der Waals surface area contributed by atoms with E-state index in [-0.39, 0.29) is 18.8 Å². The molecule has 2 atom stereocenters. The van der Waals surface area contributed by atoms with Gasteiger partial charge in [0.2, 0.25) is 0 Å². The van der Waals surface area contributed by atoms with Gasteiger partial charge in [0.15, 0.2) is 0 Å². The average molecular weight is 245 g/mol. The van der Waals surface area contributed by atoms with Gasteiger partial charge in [-0.1, -0.05) is 46.5 Å². The van der Waals surface area contributed by atoms with Crippen molar-refractivity contribution in [3.8, 4) is 0 Å². The van der Waals surface area contributed by atoms with Crippen molar-refractivity contribution in [1.82, 2.24) is 0 Å². The Bertz CT molecular complexity index is 162. The maximum atomic E-state index is 9.25. The van der Waals surface area contributed by atoms with Crippen molar-refractivity contribution >= 4 is 0 Å². The summed E-state index contributed by atoms with van der Waals surface area (Å²) in [6.45, 7) is 7.24. The molecule has 0 spiro atoms. The van der Waals surface area contributed by atoms with Gasteiger partial charge in [-0.2, -0.15) is 0 Å². The Kier molecular flexibility index (Phi) is 10.9. The van der Waals surface area contributed by atoms with E-state index in [0.29, 0.717) is 5.92 Å². The highest BCUT2D eigenvalue weighted by Gasteiger charge is 2.18. The zero-order valence-electron chi connectivity index (χ0n) is 11.8. The third-order valence-electron chi connectivity index (χ3n) is 2.98. The first-order chi connectivity index (χ1) is 8.11. The SMILES string of the molecule is CCCCCCCOC(CO)C(N)CC(C)C. The molecule has 3 heteroatoms. The van der Waals surface area contributed by atoms with Gasteiger partial charge in [-0.05, 0) is 18.8 Å². The van der Waals surface area contributed by atoms with Crippen LogP contribution in [0.5, 0.6) is 0 Å². The first-order valence-corrected chi connectivity index (χ1v) is 7.09. The number of aliphatic hydroxyl groups excluding tert-OH is 1. The van der Waals surface area contributed by atoms with Gasteiger partial charge in [0, 0.05) is 12.6 Å². The minimum Gasteiger partial charge on any atom is -0.394 e. The largest absolute Gasteiger partial charge is 0.394 e. The van der Waals surface area contributed by atoms with Crippen LogP contribution in [-0.2, 0) is 4.74 Å². The molecule has 0 aromatic heterocycles. The Morgan fingerprint density at radius 2 is 1.76 bits per heavy atom. The van der Waals surface area contributed by atoms with Crippen LogP contribution in [0.3, 0.4) is 0 Å². The molecular weight excluding hydrogens is 214 g/mol. The van der Waals surface area contributed by atoms with Gasteiger partial charge in [-0.25, -0.2) is 0 Å². The number of nitrogens with two attached hydrogens (primary N) is 1. The molecule has 0 aliphatic rings. The number of aliphatic hydroxyl groups is 1. The second-order valence-corrected chi connectivity index (χ2v) is 5.30. The number of ether oxygens (including phenoxy) is 1. The summed E-state index contributed by atoms with van der Waals surface area (Å²) >= 11 is 0. The standard InChI is InChI=1S/C14H31NO2/c1-4-5-6-7-8-9-17-14(11-16)13(15)10-12(2)3/h12-14,16H,4-11,15H2,1-3H3. The van der Waals surface area contributed by atoms with Crippen molar-refractivity contribution < 1.29 is 9.84 Å². The molecule has 17 heavy (non-hydrogen) atoms. The quantitative estimate of drug-likeness (QED) is 0.550. The summed E-state index contributed by atoms with van der Waals surface area (Å²) in [6, 6.07) is -0.0457. The van der Waals surface area contributed by atoms with E-state index in [0.717, 1.165) is 19.4 Å². The zero-order chi connectivity index (χ0) is 13.1. The van der Waals surface area contributed by atoms with Crippen molar-refractivity contribution in [3.05, 3.63) is 0 Å². The minimum atomic E-state index is -0.191. The number of hydrogen-bond acceptors (Lipinski definition) is 3. The van der Waals surface area contributed by atoms with Crippen LogP contribution in [0.25, 0.3) is 0 Å². The molecule has 0 aromatic carbocycles. The molecule has 0 aromatic rings. The van der Waals surface area contributed by atoms with E-state index in [4.69, 9.17) is 10.5 Å². The Labute approximate surface area is 107 Å². The van der Waals surface area contributed by atoms with Crippen LogP contribution in [0.1, 0.15) is 59.3 Å². The number of unbranched alkanes of at least 4 members (excludes halogenated alkanes) is 4. The van der Waals surface area contributed by atoms with Crippen LogP contribution in [0.4, 0.5) is 0 Å². The molecular formula is C14H31NO2. The molecule has 0 aliphatic carbocycles. The average Bonchev–Trinajstić information content (AvgIpc) is 2.27. The summed E-state index contributed by atoms with van der Waals surface area (Å²) in [5.74, 6) is 0.548. The van der Waals surface area contributed by atoms with Crippen molar-refractivity contribution in [2.45, 2.75) is 71.4 Å². The van der Waals surface area contributed by atoms with Crippen molar-refractivity contribution in [2.24, 2.45) is 11.7 Å². The monoisotopic (exact) mass is 245 g/mol. The Morgan fingerprint density at radius 1 is 1.12 bits per heavy atom. The summed E-state index contributed by atoms with van der Waals surface area (Å²) < 4.78 is 5.66. The molecule has 0 fully saturated rings. The normalized spacial score (nSPS) is 15.2. The summed E-state index contributed by atoms with van der Waals surface area (Å²) in [7, 11) is 0. The molecule has 0 aliphatic heterocycles. The summed E-state index contributed by atoms with van der Waals surface area (Å²) in [5.41, 5.74) is 6.01. The lowest BCUT2D eigenvalue weighted by atomic mass is 10.0. The highest BCUT2D eigenvalue weighted by molar-refractivity contribution is 4.74. The first kappa shape index (κ1) is 16.9. The van der Waals surface area contributed by atoms with Gasteiger partial charge in [-0.15, -0.1) is 0 Å². The van der Waals surface area contributed by atoms with E-state index in [2.05, 4.69) is 20.8 Å². The maximum absolute atomic E-state index is 9.25. The topological polar surface area (TPSA) is 55.5 Å². The van der Waals surface area contributed by atoms with Gasteiger partial charge < -0.3 is 15.6 Å². The Balaban J connectivity index is 3.60. The van der Waals surface area contributed by atoms with E-state index in [1.165, 1.54) is 25.7 Å². The summed E-state index contributed by atoms with van der Waals surface area (Å²) in [6.07, 6.45) is 6.85. The fourth-order valence-corrected chi connectivity index (χ4v) is 1.95. The highest BCUT2D eigenvalue weighted by Crippen LogP contribution is 2.10. The Morgan fingerprint density at radius 3 is 2.29 bits per heavy atom. The number of hydrogen-bond donors (Lipinski definition) is 2. The third-order valence-corrected chi connectivity index (χ3v) is 2.98. The lowest BCUT2D eigenvalue weighted by Crippen LogP contribution is -2.40. The van der Waals surface area contributed by atoms with Crippen LogP contribution in [0.15, 0.2) is 0 Å². The van der Waals surface area contributed by atoms with Crippen LogP contribution >= 0.6 is 0 Å². The van der Waals surface area contributed by atoms with Crippen molar-refractivity contribution in [1.29, 1.82) is 0 Å². The molecule has 0 amide bonds. The third kappa shape index (κ3) is 9.57. The second kappa shape index (κ2) is 11.0. The summed E-state index contributed by atoms with van der Waals surface area (Å²) in [4.78, 5) is 0. The predicted octanol–water partition coefficient (Wildman–Crippen LogP) is 2.71. The van der Waals surface area contributed by atoms with Gasteiger partial charge >= 0.3 is 0 Å². The molecule has 0 saturated heterocycles. The molecule has 0 heterocycles. The van der Waals surface area contributed by atoms with E-state index in [1.807, 2.05) is 0 Å². The summed E-state index contributed by atoms with van der Waals surface area (Å²) in [5, 5.41) is 9.25. The molecule has 2 unspecified atom stereocenters. The highest BCUT2D eigenvalue weighted by atomic mass is 16.5. The van der Waals surface area contributed by atoms with Crippen LogP contribution < -0.4 is 5.73 Å². The molecule has 0 saturated carbocycles. The molecule has 0 radical (unpaired) electrons. The van der Waals surface area contributed by atoms with Gasteiger partial charge in [0.05, 0.1) is 12.7 Å². The van der Waals surface area contributed by atoms with Crippen LogP contribution in [0.2, 0.25) is 0 Å². The smallest absolute Gasteiger partial charge is 0.0956 e. The second-order valence-electron chi connectivity index (χ2n) is 5.30. The fourth-order valence-electron chi connectivity index (χ4n) is 1.95.